The summed E-state index contributed by atoms with van der Waals surface area (Å²) < 4.78 is 0. The molecule has 0 amide bonds. The third-order valence-electron chi connectivity index (χ3n) is 3.77. The number of nitrogens with zero attached hydrogens (tertiary/aromatic N) is 1. The van der Waals surface area contributed by atoms with E-state index >= 15 is 0 Å². The fourth-order valence-corrected chi connectivity index (χ4v) is 2.47. The van der Waals surface area contributed by atoms with Gasteiger partial charge in [0.15, 0.2) is 0 Å². The van der Waals surface area contributed by atoms with E-state index in [4.69, 9.17) is 0 Å². The molecule has 1 nitrogen and oxygen atoms in total. The molecule has 132 valence electrons. The van der Waals surface area contributed by atoms with Gasteiger partial charge in [-0.1, -0.05) is 62.8 Å². The maximum atomic E-state index is 2.68. The summed E-state index contributed by atoms with van der Waals surface area (Å²) in [6.45, 7) is 13.4. The summed E-state index contributed by atoms with van der Waals surface area (Å²) in [6, 6.07) is 0.505. The molecule has 1 atom stereocenters. The van der Waals surface area contributed by atoms with Crippen molar-refractivity contribution < 1.29 is 0 Å². The minimum Gasteiger partial charge on any atom is -0.361 e. The monoisotopic (exact) mass is 325 g/mol. The second-order valence-electron chi connectivity index (χ2n) is 5.70. The Morgan fingerprint density at radius 2 is 2.00 bits per heavy atom. The minimum atomic E-state index is 0.505. The van der Waals surface area contributed by atoms with E-state index in [1.807, 2.05) is 13.8 Å². The summed E-state index contributed by atoms with van der Waals surface area (Å²) in [4.78, 5) is 2.52. The first kappa shape index (κ1) is 22.1. The predicted molar refractivity (Wildman–Crippen MR) is 110 cm³/mol. The highest BCUT2D eigenvalue weighted by atomic mass is 15.2. The molecule has 0 aromatic heterocycles. The van der Waals surface area contributed by atoms with Crippen LogP contribution in [0.4, 0.5) is 0 Å². The van der Waals surface area contributed by atoms with Crippen LogP contribution in [0, 0.1) is 11.8 Å². The van der Waals surface area contributed by atoms with Crippen LogP contribution in [-0.2, 0) is 0 Å². The summed E-state index contributed by atoms with van der Waals surface area (Å²) in [5, 5.41) is 0. The normalized spacial score (nSPS) is 15.7. The molecule has 0 fully saturated rings. The van der Waals surface area contributed by atoms with Crippen LogP contribution in [0.3, 0.4) is 0 Å². The van der Waals surface area contributed by atoms with Gasteiger partial charge in [-0.15, -0.1) is 11.8 Å². The zero-order valence-electron chi connectivity index (χ0n) is 16.5. The zero-order chi connectivity index (χ0) is 18.2. The zero-order valence-corrected chi connectivity index (χ0v) is 16.5. The first-order valence-corrected chi connectivity index (χ1v) is 9.09. The smallest absolute Gasteiger partial charge is 0.0476 e. The SMILES string of the molecule is C/C=C\C=C(/C)C1=CC=CCN1C(C=CCC)CCC.CC#CC. The topological polar surface area (TPSA) is 3.24 Å². The highest BCUT2D eigenvalue weighted by molar-refractivity contribution is 5.37. The molecule has 1 unspecified atom stereocenters. The molecule has 1 rings (SSSR count). The van der Waals surface area contributed by atoms with Crippen LogP contribution in [0.15, 0.2) is 59.9 Å². The van der Waals surface area contributed by atoms with Gasteiger partial charge in [-0.3, -0.25) is 0 Å². The Balaban J connectivity index is 0.00000118. The lowest BCUT2D eigenvalue weighted by molar-refractivity contribution is 0.307. The maximum Gasteiger partial charge on any atom is 0.0476 e. The van der Waals surface area contributed by atoms with Crippen LogP contribution < -0.4 is 0 Å². The Morgan fingerprint density at radius 3 is 2.54 bits per heavy atom. The van der Waals surface area contributed by atoms with Crippen molar-refractivity contribution >= 4 is 0 Å². The lowest BCUT2D eigenvalue weighted by Gasteiger charge is -2.35. The van der Waals surface area contributed by atoms with Crippen molar-refractivity contribution in [2.75, 3.05) is 6.54 Å². The van der Waals surface area contributed by atoms with E-state index in [0.29, 0.717) is 6.04 Å². The van der Waals surface area contributed by atoms with Gasteiger partial charge in [-0.25, -0.2) is 0 Å². The Morgan fingerprint density at radius 1 is 1.29 bits per heavy atom. The Labute approximate surface area is 150 Å². The summed E-state index contributed by atoms with van der Waals surface area (Å²) in [6.07, 6.45) is 21.2. The van der Waals surface area contributed by atoms with Crippen LogP contribution in [-0.4, -0.2) is 17.5 Å². The molecule has 0 aliphatic carbocycles. The van der Waals surface area contributed by atoms with Crippen molar-refractivity contribution in [3.63, 3.8) is 0 Å². The summed E-state index contributed by atoms with van der Waals surface area (Å²) in [5.74, 6) is 5.36. The van der Waals surface area contributed by atoms with Gasteiger partial charge in [-0.05, 0) is 52.2 Å². The lowest BCUT2D eigenvalue weighted by Crippen LogP contribution is -2.35. The number of allylic oxidation sites excluding steroid dienone is 7. The second-order valence-corrected chi connectivity index (χ2v) is 5.70. The van der Waals surface area contributed by atoms with Crippen molar-refractivity contribution in [1.82, 2.24) is 4.90 Å². The van der Waals surface area contributed by atoms with Crippen LogP contribution in [0.25, 0.3) is 0 Å². The van der Waals surface area contributed by atoms with Crippen molar-refractivity contribution in [2.45, 2.75) is 66.8 Å². The van der Waals surface area contributed by atoms with E-state index in [9.17, 15) is 0 Å². The third-order valence-corrected chi connectivity index (χ3v) is 3.77. The molecule has 0 aromatic carbocycles. The minimum absolute atomic E-state index is 0.505. The van der Waals surface area contributed by atoms with Crippen LogP contribution >= 0.6 is 0 Å². The maximum absolute atomic E-state index is 2.68. The molecule has 0 spiro atoms. The Bertz CT molecular complexity index is 526. The quantitative estimate of drug-likeness (QED) is 0.296. The summed E-state index contributed by atoms with van der Waals surface area (Å²) >= 11 is 0. The first-order chi connectivity index (χ1) is 11.7. The number of hydrogen-bond donors (Lipinski definition) is 0. The van der Waals surface area contributed by atoms with E-state index in [2.05, 4.69) is 93.0 Å². The van der Waals surface area contributed by atoms with Crippen molar-refractivity contribution in [2.24, 2.45) is 0 Å². The van der Waals surface area contributed by atoms with Gasteiger partial charge in [0, 0.05) is 18.3 Å². The third kappa shape index (κ3) is 8.63. The van der Waals surface area contributed by atoms with Crippen LogP contribution in [0.2, 0.25) is 0 Å². The lowest BCUT2D eigenvalue weighted by atomic mass is 10.0. The molecule has 0 aromatic rings. The highest BCUT2D eigenvalue weighted by Gasteiger charge is 2.19. The fraction of sp³-hybridized carbons (Fsp3) is 0.478. The number of rotatable bonds is 7. The molecule has 1 aliphatic heterocycles. The summed E-state index contributed by atoms with van der Waals surface area (Å²) in [7, 11) is 0. The number of hydrogen-bond acceptors (Lipinski definition) is 1. The molecule has 1 aliphatic rings. The van der Waals surface area contributed by atoms with Gasteiger partial charge in [0.1, 0.15) is 0 Å². The van der Waals surface area contributed by atoms with E-state index in [1.165, 1.54) is 24.1 Å². The molecule has 0 bridgehead atoms. The van der Waals surface area contributed by atoms with Gasteiger partial charge in [0.05, 0.1) is 0 Å². The first-order valence-electron chi connectivity index (χ1n) is 9.09. The second kappa shape index (κ2) is 14.6. The van der Waals surface area contributed by atoms with Crippen molar-refractivity contribution in [3.05, 3.63) is 59.9 Å². The molecule has 24 heavy (non-hydrogen) atoms. The molecule has 0 saturated carbocycles. The van der Waals surface area contributed by atoms with E-state index in [-0.39, 0.29) is 0 Å². The molecule has 1 heterocycles. The summed E-state index contributed by atoms with van der Waals surface area (Å²) in [5.41, 5.74) is 2.68. The van der Waals surface area contributed by atoms with Gasteiger partial charge in [-0.2, -0.15) is 0 Å². The van der Waals surface area contributed by atoms with Crippen molar-refractivity contribution in [1.29, 1.82) is 0 Å². The largest absolute Gasteiger partial charge is 0.361 e. The van der Waals surface area contributed by atoms with Gasteiger partial charge < -0.3 is 4.90 Å². The van der Waals surface area contributed by atoms with E-state index in [1.54, 1.807) is 0 Å². The van der Waals surface area contributed by atoms with Gasteiger partial charge >= 0.3 is 0 Å². The van der Waals surface area contributed by atoms with Crippen molar-refractivity contribution in [3.8, 4) is 11.8 Å². The molecule has 0 saturated heterocycles. The molecule has 0 radical (unpaired) electrons. The standard InChI is InChI=1S/C19H29N.C4H6/c1-5-8-13-17(4)19-15-10-11-16-20(19)18(12-7-3)14-9-6-2;1-3-4-2/h5,8-11,13-15,18H,6-7,12,16H2,1-4H3;1-2H3/b8-5-,14-9?,17-13+;. The highest BCUT2D eigenvalue weighted by Crippen LogP contribution is 2.24. The molecule has 0 N–H and O–H groups in total. The van der Waals surface area contributed by atoms with E-state index < -0.39 is 0 Å². The fourth-order valence-electron chi connectivity index (χ4n) is 2.47. The average molecular weight is 326 g/mol. The Kier molecular flexibility index (Phi) is 13.5. The molecular weight excluding hydrogens is 290 g/mol. The molecular formula is C23H35N. The van der Waals surface area contributed by atoms with Gasteiger partial charge in [0.2, 0.25) is 0 Å². The van der Waals surface area contributed by atoms with Crippen LogP contribution in [0.5, 0.6) is 0 Å². The van der Waals surface area contributed by atoms with Gasteiger partial charge in [0.25, 0.3) is 0 Å². The van der Waals surface area contributed by atoms with E-state index in [0.717, 1.165) is 13.0 Å². The Hall–Kier alpha value is -1.94. The predicted octanol–water partition coefficient (Wildman–Crippen LogP) is 6.43. The average Bonchev–Trinajstić information content (AvgIpc) is 2.63. The van der Waals surface area contributed by atoms with Crippen LogP contribution in [0.1, 0.15) is 60.8 Å². The molecule has 1 heteroatoms.